The highest BCUT2D eigenvalue weighted by molar-refractivity contribution is 5.98. The molecule has 2 heterocycles. The van der Waals surface area contributed by atoms with Crippen LogP contribution in [-0.4, -0.2) is 27.1 Å². The zero-order chi connectivity index (χ0) is 21.5. The van der Waals surface area contributed by atoms with Crippen molar-refractivity contribution in [2.75, 3.05) is 12.4 Å². The van der Waals surface area contributed by atoms with E-state index in [9.17, 15) is 28.9 Å². The van der Waals surface area contributed by atoms with Crippen molar-refractivity contribution in [3.63, 3.8) is 0 Å². The van der Waals surface area contributed by atoms with Crippen molar-refractivity contribution in [1.82, 2.24) is 9.13 Å². The fraction of sp³-hybridized carbons (Fsp3) is 0.167. The molecule has 0 aliphatic rings. The highest BCUT2D eigenvalue weighted by atomic mass is 19.1. The number of fused-ring (bicyclic) bond motifs is 1. The van der Waals surface area contributed by atoms with Gasteiger partial charge in [-0.1, -0.05) is 0 Å². The molecule has 0 saturated heterocycles. The summed E-state index contributed by atoms with van der Waals surface area (Å²) >= 11 is 0. The van der Waals surface area contributed by atoms with Gasteiger partial charge < -0.3 is 14.6 Å². The predicted molar refractivity (Wildman–Crippen MR) is 102 cm³/mol. The summed E-state index contributed by atoms with van der Waals surface area (Å²) in [5, 5.41) is 13.4. The number of pyridine rings is 2. The molecule has 0 saturated carbocycles. The summed E-state index contributed by atoms with van der Waals surface area (Å²) in [4.78, 5) is 47.3. The normalized spacial score (nSPS) is 10.8. The highest BCUT2D eigenvalue weighted by Gasteiger charge is 2.21. The highest BCUT2D eigenvalue weighted by Crippen LogP contribution is 2.27. The lowest BCUT2D eigenvalue weighted by Gasteiger charge is -2.16. The van der Waals surface area contributed by atoms with Crippen molar-refractivity contribution in [2.45, 2.75) is 0 Å². The number of benzene rings is 1. The monoisotopic (exact) mass is 402 g/mol. The van der Waals surface area contributed by atoms with Crippen molar-refractivity contribution < 1.29 is 18.8 Å². The van der Waals surface area contributed by atoms with Crippen LogP contribution in [0.25, 0.3) is 11.0 Å². The summed E-state index contributed by atoms with van der Waals surface area (Å²) in [5.74, 6) is -1.82. The van der Waals surface area contributed by atoms with Gasteiger partial charge in [-0.15, -0.1) is 0 Å². The van der Waals surface area contributed by atoms with Gasteiger partial charge in [-0.25, -0.2) is 9.18 Å². The van der Waals surface area contributed by atoms with Gasteiger partial charge in [0.2, 0.25) is 5.43 Å². The number of hydrogen-bond acceptors (Lipinski definition) is 7. The Labute approximate surface area is 161 Å². The van der Waals surface area contributed by atoms with Gasteiger partial charge in [0, 0.05) is 32.4 Å². The first kappa shape index (κ1) is 19.7. The third kappa shape index (κ3) is 3.33. The number of non-ortho nitro benzene ring substituents is 1. The maximum absolute atomic E-state index is 14.3. The summed E-state index contributed by atoms with van der Waals surface area (Å²) < 4.78 is 21.5. The first-order valence-corrected chi connectivity index (χ1v) is 8.18. The van der Waals surface area contributed by atoms with Crippen LogP contribution >= 0.6 is 0 Å². The van der Waals surface area contributed by atoms with E-state index in [2.05, 4.69) is 10.1 Å². The number of aryl methyl sites for hydroxylation is 2. The van der Waals surface area contributed by atoms with Gasteiger partial charge in [0.15, 0.2) is 5.82 Å². The van der Waals surface area contributed by atoms with Crippen LogP contribution in [-0.2, 0) is 18.8 Å². The third-order valence-electron chi connectivity index (χ3n) is 4.38. The Bertz CT molecular complexity index is 1290. The van der Waals surface area contributed by atoms with Gasteiger partial charge in [0.1, 0.15) is 11.2 Å². The van der Waals surface area contributed by atoms with Crippen molar-refractivity contribution in [1.29, 1.82) is 0 Å². The summed E-state index contributed by atoms with van der Waals surface area (Å²) in [7, 11) is 4.10. The van der Waals surface area contributed by atoms with Crippen LogP contribution in [0.4, 0.5) is 21.5 Å². The van der Waals surface area contributed by atoms with Gasteiger partial charge in [-0.05, 0) is 6.07 Å². The van der Waals surface area contributed by atoms with E-state index in [1.807, 2.05) is 0 Å². The first-order chi connectivity index (χ1) is 13.6. The lowest BCUT2D eigenvalue weighted by molar-refractivity contribution is -0.385. The predicted octanol–water partition coefficient (Wildman–Crippen LogP) is 1.81. The number of aromatic nitrogens is 2. The molecule has 2 aromatic heterocycles. The molecule has 1 N–H and O–H groups in total. The van der Waals surface area contributed by atoms with Crippen molar-refractivity contribution >= 4 is 34.1 Å². The van der Waals surface area contributed by atoms with Crippen molar-refractivity contribution in [3.05, 3.63) is 72.5 Å². The SMILES string of the molecule is COC(=O)c1cn(C)c2c(c(Nc3ccc([N+](=O)[O-])cc3F)cc(=O)n2C)c1=O. The van der Waals surface area contributed by atoms with Crippen LogP contribution < -0.4 is 16.3 Å². The number of carbonyl (C=O) groups excluding carboxylic acids is 1. The molecule has 0 radical (unpaired) electrons. The number of hydrogen-bond donors (Lipinski definition) is 1. The lowest BCUT2D eigenvalue weighted by Crippen LogP contribution is -2.26. The molecule has 3 aromatic rings. The number of nitrogens with zero attached hydrogens (tertiary/aromatic N) is 3. The molecular weight excluding hydrogens is 387 g/mol. The Morgan fingerprint density at radius 3 is 2.48 bits per heavy atom. The minimum atomic E-state index is -0.950. The molecule has 11 heteroatoms. The number of esters is 1. The smallest absolute Gasteiger partial charge is 0.343 e. The standard InChI is InChI=1S/C18H15FN4O6/c1-21-8-10(18(26)29-3)16(25)15-13(7-14(24)22(2)17(15)21)20-12-5-4-9(23(27)28)6-11(12)19/h4-8,20H,1-3H3. The van der Waals surface area contributed by atoms with Crippen molar-refractivity contribution in [2.24, 2.45) is 14.1 Å². The fourth-order valence-electron chi connectivity index (χ4n) is 2.99. The number of nitro benzene ring substituents is 1. The number of anilines is 2. The molecule has 0 aliphatic carbocycles. The minimum Gasteiger partial charge on any atom is -0.465 e. The minimum absolute atomic E-state index is 0.0461. The summed E-state index contributed by atoms with van der Waals surface area (Å²) in [5.41, 5.74) is -1.99. The van der Waals surface area contributed by atoms with Gasteiger partial charge >= 0.3 is 5.97 Å². The Kier molecular flexibility index (Phi) is 4.89. The molecular formula is C18H15FN4O6. The molecule has 0 fully saturated rings. The number of halogens is 1. The molecule has 0 atom stereocenters. The average molecular weight is 402 g/mol. The quantitative estimate of drug-likeness (QED) is 0.401. The largest absolute Gasteiger partial charge is 0.465 e. The summed E-state index contributed by atoms with van der Waals surface area (Å²) in [6, 6.07) is 3.98. The molecule has 0 unspecified atom stereocenters. The molecule has 0 amide bonds. The lowest BCUT2D eigenvalue weighted by atomic mass is 10.1. The maximum atomic E-state index is 14.3. The van der Waals surface area contributed by atoms with Crippen LogP contribution in [0, 0.1) is 15.9 Å². The second-order valence-corrected chi connectivity index (χ2v) is 6.17. The van der Waals surface area contributed by atoms with E-state index >= 15 is 0 Å². The van der Waals surface area contributed by atoms with Crippen LogP contribution in [0.15, 0.2) is 40.1 Å². The number of nitro groups is 1. The van der Waals surface area contributed by atoms with E-state index in [-0.39, 0.29) is 28.0 Å². The van der Waals surface area contributed by atoms with Crippen LogP contribution in [0.1, 0.15) is 10.4 Å². The Morgan fingerprint density at radius 1 is 1.21 bits per heavy atom. The molecule has 0 aliphatic heterocycles. The Hall–Kier alpha value is -4.02. The van der Waals surface area contributed by atoms with Gasteiger partial charge in [-0.3, -0.25) is 24.3 Å². The van der Waals surface area contributed by atoms with Gasteiger partial charge in [0.25, 0.3) is 11.2 Å². The van der Waals surface area contributed by atoms with Crippen LogP contribution in [0.3, 0.4) is 0 Å². The molecule has 10 nitrogen and oxygen atoms in total. The summed E-state index contributed by atoms with van der Waals surface area (Å²) in [6.07, 6.45) is 1.24. The average Bonchev–Trinajstić information content (AvgIpc) is 2.67. The van der Waals surface area contributed by atoms with E-state index in [0.717, 1.165) is 25.3 Å². The molecule has 150 valence electrons. The van der Waals surface area contributed by atoms with E-state index in [1.54, 1.807) is 0 Å². The van der Waals surface area contributed by atoms with E-state index in [1.165, 1.54) is 29.4 Å². The maximum Gasteiger partial charge on any atom is 0.343 e. The van der Waals surface area contributed by atoms with Gasteiger partial charge in [-0.2, -0.15) is 0 Å². The topological polar surface area (TPSA) is 125 Å². The van der Waals surface area contributed by atoms with Crippen LogP contribution in [0.5, 0.6) is 0 Å². The zero-order valence-corrected chi connectivity index (χ0v) is 15.6. The molecule has 0 spiro atoms. The molecule has 3 rings (SSSR count). The fourth-order valence-corrected chi connectivity index (χ4v) is 2.99. The molecule has 0 bridgehead atoms. The number of carbonyl (C=O) groups is 1. The number of ether oxygens (including phenoxy) is 1. The van der Waals surface area contributed by atoms with Crippen LogP contribution in [0.2, 0.25) is 0 Å². The number of nitrogens with one attached hydrogen (secondary N) is 1. The first-order valence-electron chi connectivity index (χ1n) is 8.18. The summed E-state index contributed by atoms with van der Waals surface area (Å²) in [6.45, 7) is 0. The molecule has 29 heavy (non-hydrogen) atoms. The zero-order valence-electron chi connectivity index (χ0n) is 15.6. The number of rotatable bonds is 4. The Morgan fingerprint density at radius 2 is 1.90 bits per heavy atom. The van der Waals surface area contributed by atoms with E-state index in [4.69, 9.17) is 0 Å². The van der Waals surface area contributed by atoms with Gasteiger partial charge in [0.05, 0.1) is 34.9 Å². The second-order valence-electron chi connectivity index (χ2n) is 6.17. The Balaban J connectivity index is 2.31. The molecule has 1 aromatic carbocycles. The van der Waals surface area contributed by atoms with E-state index < -0.39 is 33.4 Å². The van der Waals surface area contributed by atoms with E-state index in [0.29, 0.717) is 6.07 Å². The number of methoxy groups -OCH3 is 1. The van der Waals surface area contributed by atoms with Crippen molar-refractivity contribution in [3.8, 4) is 0 Å². The third-order valence-corrected chi connectivity index (χ3v) is 4.38. The second kappa shape index (κ2) is 7.19.